The van der Waals surface area contributed by atoms with Crippen molar-refractivity contribution in [1.82, 2.24) is 5.32 Å². The van der Waals surface area contributed by atoms with E-state index < -0.39 is 5.91 Å². The van der Waals surface area contributed by atoms with Crippen molar-refractivity contribution in [2.45, 2.75) is 26.2 Å². The number of nitrogens with zero attached hydrogens (tertiary/aromatic N) is 2. The molecule has 0 heterocycles. The van der Waals surface area contributed by atoms with Gasteiger partial charge in [0.1, 0.15) is 11.6 Å². The van der Waals surface area contributed by atoms with Crippen LogP contribution in [0.5, 0.6) is 0 Å². The van der Waals surface area contributed by atoms with Crippen LogP contribution < -0.4 is 10.6 Å². The maximum absolute atomic E-state index is 11.9. The van der Waals surface area contributed by atoms with Gasteiger partial charge in [-0.15, -0.1) is 0 Å². The quantitative estimate of drug-likeness (QED) is 0.391. The number of benzene rings is 1. The molecule has 0 fully saturated rings. The number of nitriles is 2. The molecule has 1 aromatic carbocycles. The zero-order chi connectivity index (χ0) is 17.6. The Morgan fingerprint density at radius 1 is 1.21 bits per heavy atom. The number of hydrogen-bond donors (Lipinski definition) is 2. The first-order valence-electron chi connectivity index (χ1n) is 7.94. The lowest BCUT2D eigenvalue weighted by Gasteiger charge is -2.06. The lowest BCUT2D eigenvalue weighted by molar-refractivity contribution is -0.117. The number of ether oxygens (including phenoxy) is 1. The van der Waals surface area contributed by atoms with Gasteiger partial charge in [0.25, 0.3) is 5.91 Å². The van der Waals surface area contributed by atoms with Crippen molar-refractivity contribution in [3.63, 3.8) is 0 Å². The summed E-state index contributed by atoms with van der Waals surface area (Å²) in [5.41, 5.74) is 1.23. The molecule has 24 heavy (non-hydrogen) atoms. The molecule has 0 aliphatic heterocycles. The number of hydrogen-bond acceptors (Lipinski definition) is 5. The molecule has 0 atom stereocenters. The van der Waals surface area contributed by atoms with Crippen molar-refractivity contribution >= 4 is 11.6 Å². The van der Waals surface area contributed by atoms with Crippen LogP contribution in [0.2, 0.25) is 0 Å². The molecule has 126 valence electrons. The van der Waals surface area contributed by atoms with Gasteiger partial charge in [-0.3, -0.25) is 4.79 Å². The average Bonchev–Trinajstić information content (AvgIpc) is 2.62. The van der Waals surface area contributed by atoms with Crippen LogP contribution in [0.1, 0.15) is 31.7 Å². The van der Waals surface area contributed by atoms with Gasteiger partial charge in [-0.25, -0.2) is 0 Å². The van der Waals surface area contributed by atoms with Crippen LogP contribution >= 0.6 is 0 Å². The number of nitrogens with one attached hydrogen (secondary N) is 2. The molecule has 0 unspecified atom stereocenters. The Morgan fingerprint density at radius 2 is 1.92 bits per heavy atom. The molecule has 0 bridgehead atoms. The van der Waals surface area contributed by atoms with E-state index in [1.54, 1.807) is 24.3 Å². The van der Waals surface area contributed by atoms with Crippen molar-refractivity contribution in [2.24, 2.45) is 0 Å². The molecule has 0 saturated heterocycles. The summed E-state index contributed by atoms with van der Waals surface area (Å²) in [7, 11) is 0. The number of carbonyl (C=O) groups excluding carboxylic acids is 1. The highest BCUT2D eigenvalue weighted by atomic mass is 16.5. The van der Waals surface area contributed by atoms with Crippen LogP contribution in [-0.2, 0) is 9.53 Å². The van der Waals surface area contributed by atoms with E-state index in [0.717, 1.165) is 19.4 Å². The van der Waals surface area contributed by atoms with Crippen LogP contribution in [0.4, 0.5) is 5.69 Å². The average molecular weight is 326 g/mol. The standard InChI is InChI=1S/C18H22N4O2/c1-2-3-10-24-11-4-9-21-18(23)16(13-20)14-22-17-7-5-15(12-19)6-8-17/h5-8,14,22H,2-4,9-11H2,1H3,(H,21,23)/b16-14-. The Bertz CT molecular complexity index is 624. The maximum Gasteiger partial charge on any atom is 0.263 e. The lowest BCUT2D eigenvalue weighted by Crippen LogP contribution is -2.26. The minimum Gasteiger partial charge on any atom is -0.381 e. The zero-order valence-electron chi connectivity index (χ0n) is 13.8. The van der Waals surface area contributed by atoms with Gasteiger partial charge in [-0.2, -0.15) is 10.5 Å². The third-order valence-electron chi connectivity index (χ3n) is 3.16. The number of carbonyl (C=O) groups is 1. The minimum atomic E-state index is -0.424. The third kappa shape index (κ3) is 7.44. The second-order valence-electron chi connectivity index (χ2n) is 5.08. The molecule has 0 spiro atoms. The fraction of sp³-hybridized carbons (Fsp3) is 0.389. The van der Waals surface area contributed by atoms with Gasteiger partial charge in [-0.1, -0.05) is 13.3 Å². The Kier molecular flexibility index (Phi) is 9.37. The first-order valence-corrected chi connectivity index (χ1v) is 7.94. The predicted molar refractivity (Wildman–Crippen MR) is 91.8 cm³/mol. The second kappa shape index (κ2) is 11.7. The molecule has 0 aromatic heterocycles. The smallest absolute Gasteiger partial charge is 0.263 e. The van der Waals surface area contributed by atoms with E-state index in [1.807, 2.05) is 12.1 Å². The summed E-state index contributed by atoms with van der Waals surface area (Å²) in [5.74, 6) is -0.424. The topological polar surface area (TPSA) is 97.9 Å². The number of rotatable bonds is 10. The summed E-state index contributed by atoms with van der Waals surface area (Å²) in [6, 6.07) is 10.6. The summed E-state index contributed by atoms with van der Waals surface area (Å²) < 4.78 is 5.40. The molecule has 0 radical (unpaired) electrons. The van der Waals surface area contributed by atoms with Crippen molar-refractivity contribution < 1.29 is 9.53 Å². The summed E-state index contributed by atoms with van der Waals surface area (Å²) in [6.45, 7) is 3.89. The monoisotopic (exact) mass is 326 g/mol. The normalized spacial score (nSPS) is 10.5. The van der Waals surface area contributed by atoms with Gasteiger partial charge in [0.2, 0.25) is 0 Å². The fourth-order valence-corrected chi connectivity index (χ4v) is 1.76. The molecule has 1 aromatic rings. The summed E-state index contributed by atoms with van der Waals surface area (Å²) in [4.78, 5) is 11.9. The predicted octanol–water partition coefficient (Wildman–Crippen LogP) is 2.70. The number of anilines is 1. The highest BCUT2D eigenvalue weighted by Gasteiger charge is 2.07. The molecule has 1 amide bonds. The minimum absolute atomic E-state index is 0.00809. The SMILES string of the molecule is CCCCOCCCNC(=O)/C(C#N)=C\Nc1ccc(C#N)cc1. The van der Waals surface area contributed by atoms with Gasteiger partial charge in [0.05, 0.1) is 11.6 Å². The summed E-state index contributed by atoms with van der Waals surface area (Å²) >= 11 is 0. The van der Waals surface area contributed by atoms with E-state index in [-0.39, 0.29) is 5.57 Å². The fourth-order valence-electron chi connectivity index (χ4n) is 1.76. The van der Waals surface area contributed by atoms with Crippen LogP contribution in [-0.4, -0.2) is 25.7 Å². The Balaban J connectivity index is 2.37. The van der Waals surface area contributed by atoms with Crippen LogP contribution in [0.15, 0.2) is 36.0 Å². The van der Waals surface area contributed by atoms with E-state index in [1.165, 1.54) is 6.20 Å². The Morgan fingerprint density at radius 3 is 2.54 bits per heavy atom. The summed E-state index contributed by atoms with van der Waals surface area (Å²) in [5, 5.41) is 23.4. The Hall–Kier alpha value is -2.83. The van der Waals surface area contributed by atoms with Crippen molar-refractivity contribution in [2.75, 3.05) is 25.1 Å². The van der Waals surface area contributed by atoms with Gasteiger partial charge >= 0.3 is 0 Å². The molecule has 0 saturated carbocycles. The van der Waals surface area contributed by atoms with E-state index in [0.29, 0.717) is 30.8 Å². The van der Waals surface area contributed by atoms with Gasteiger partial charge in [-0.05, 0) is 37.1 Å². The summed E-state index contributed by atoms with van der Waals surface area (Å²) in [6.07, 6.45) is 4.19. The molecule has 6 heteroatoms. The molecule has 6 nitrogen and oxygen atoms in total. The second-order valence-corrected chi connectivity index (χ2v) is 5.08. The van der Waals surface area contributed by atoms with Crippen LogP contribution in [0.3, 0.4) is 0 Å². The number of unbranched alkanes of at least 4 members (excludes halogenated alkanes) is 1. The molecule has 1 rings (SSSR count). The van der Waals surface area contributed by atoms with Crippen molar-refractivity contribution in [3.8, 4) is 12.1 Å². The van der Waals surface area contributed by atoms with E-state index in [9.17, 15) is 4.79 Å². The van der Waals surface area contributed by atoms with Crippen LogP contribution in [0, 0.1) is 22.7 Å². The maximum atomic E-state index is 11.9. The largest absolute Gasteiger partial charge is 0.381 e. The van der Waals surface area contributed by atoms with Gasteiger partial charge < -0.3 is 15.4 Å². The molecular formula is C18H22N4O2. The van der Waals surface area contributed by atoms with Crippen molar-refractivity contribution in [1.29, 1.82) is 10.5 Å². The Labute approximate surface area is 142 Å². The molecule has 0 aliphatic carbocycles. The lowest BCUT2D eigenvalue weighted by atomic mass is 10.2. The molecular weight excluding hydrogens is 304 g/mol. The van der Waals surface area contributed by atoms with Crippen LogP contribution in [0.25, 0.3) is 0 Å². The first-order chi connectivity index (χ1) is 11.7. The van der Waals surface area contributed by atoms with Gasteiger partial charge in [0.15, 0.2) is 0 Å². The molecule has 0 aliphatic rings. The number of amides is 1. The highest BCUT2D eigenvalue weighted by Crippen LogP contribution is 2.09. The highest BCUT2D eigenvalue weighted by molar-refractivity contribution is 5.97. The third-order valence-corrected chi connectivity index (χ3v) is 3.16. The van der Waals surface area contributed by atoms with Crippen molar-refractivity contribution in [3.05, 3.63) is 41.6 Å². The van der Waals surface area contributed by atoms with Gasteiger partial charge in [0, 0.05) is 31.6 Å². The van der Waals surface area contributed by atoms with E-state index >= 15 is 0 Å². The first kappa shape index (κ1) is 19.2. The van der Waals surface area contributed by atoms with E-state index in [4.69, 9.17) is 15.3 Å². The van der Waals surface area contributed by atoms with E-state index in [2.05, 4.69) is 17.6 Å². The molecule has 2 N–H and O–H groups in total. The zero-order valence-corrected chi connectivity index (χ0v) is 13.8.